The van der Waals surface area contributed by atoms with Gasteiger partial charge in [-0.2, -0.15) is 0 Å². The molecule has 2 aromatic carbocycles. The molecule has 0 aliphatic heterocycles. The van der Waals surface area contributed by atoms with Gasteiger partial charge in [-0.05, 0) is 30.5 Å². The first-order valence-electron chi connectivity index (χ1n) is 15.1. The summed E-state index contributed by atoms with van der Waals surface area (Å²) >= 11 is 0. The number of carboxylic acids is 1. The van der Waals surface area contributed by atoms with Crippen molar-refractivity contribution in [3.05, 3.63) is 74.3 Å². The van der Waals surface area contributed by atoms with Crippen LogP contribution in [-0.2, 0) is 9.59 Å². The number of hydrogen-bond acceptors (Lipinski definition) is 7. The number of hydrogen-bond donors (Lipinski definition) is 1. The van der Waals surface area contributed by atoms with Crippen LogP contribution in [0.3, 0.4) is 0 Å². The SMILES string of the molecule is CCCCCCCCC(C(=O)Oc1ccc([N+](=O)[O-])cc1)c1ccc([N+](=O)[O-])cc1.CCCCCCCCCC(=O)O. The minimum absolute atomic E-state index is 0.0409. The van der Waals surface area contributed by atoms with Crippen molar-refractivity contribution in [3.8, 4) is 5.75 Å². The Bertz CT molecular complexity index is 1070. The minimum Gasteiger partial charge on any atom is -0.481 e. The summed E-state index contributed by atoms with van der Waals surface area (Å²) in [5.74, 6) is -1.48. The van der Waals surface area contributed by atoms with Crippen LogP contribution in [0.4, 0.5) is 11.4 Å². The maximum absolute atomic E-state index is 12.8. The molecule has 10 nitrogen and oxygen atoms in total. The summed E-state index contributed by atoms with van der Waals surface area (Å²) in [7, 11) is 0. The van der Waals surface area contributed by atoms with E-state index in [4.69, 9.17) is 9.84 Å². The molecule has 0 aliphatic carbocycles. The number of nitrogens with zero attached hydrogens (tertiary/aromatic N) is 2. The average molecular weight is 587 g/mol. The molecule has 1 unspecified atom stereocenters. The molecule has 10 heteroatoms. The van der Waals surface area contributed by atoms with Gasteiger partial charge in [0.2, 0.25) is 0 Å². The van der Waals surface area contributed by atoms with E-state index in [2.05, 4.69) is 13.8 Å². The Morgan fingerprint density at radius 3 is 1.57 bits per heavy atom. The predicted molar refractivity (Wildman–Crippen MR) is 163 cm³/mol. The second kappa shape index (κ2) is 21.9. The highest BCUT2D eigenvalue weighted by atomic mass is 16.6. The number of aliphatic carboxylic acids is 1. The zero-order valence-corrected chi connectivity index (χ0v) is 25.0. The maximum atomic E-state index is 12.8. The number of rotatable bonds is 20. The molecule has 0 amide bonds. The van der Waals surface area contributed by atoms with Crippen LogP contribution < -0.4 is 4.74 Å². The Morgan fingerprint density at radius 1 is 0.690 bits per heavy atom. The van der Waals surface area contributed by atoms with Crippen molar-refractivity contribution in [1.82, 2.24) is 0 Å². The fourth-order valence-electron chi connectivity index (χ4n) is 4.43. The monoisotopic (exact) mass is 586 g/mol. The molecule has 0 fully saturated rings. The molecular formula is C32H46N2O8. The Morgan fingerprint density at radius 2 is 1.12 bits per heavy atom. The Kier molecular flexibility index (Phi) is 18.8. The molecule has 0 bridgehead atoms. The molecule has 0 saturated carbocycles. The first-order chi connectivity index (χ1) is 20.2. The normalized spacial score (nSPS) is 11.2. The van der Waals surface area contributed by atoms with Crippen LogP contribution in [0.15, 0.2) is 48.5 Å². The smallest absolute Gasteiger partial charge is 0.318 e. The summed E-state index contributed by atoms with van der Waals surface area (Å²) in [4.78, 5) is 43.6. The van der Waals surface area contributed by atoms with Gasteiger partial charge in [-0.15, -0.1) is 0 Å². The lowest BCUT2D eigenvalue weighted by molar-refractivity contribution is -0.385. The summed E-state index contributed by atoms with van der Waals surface area (Å²) in [6.45, 7) is 4.35. The lowest BCUT2D eigenvalue weighted by Gasteiger charge is -2.16. The van der Waals surface area contributed by atoms with Gasteiger partial charge in [0.1, 0.15) is 5.75 Å². The second-order valence-corrected chi connectivity index (χ2v) is 10.4. The van der Waals surface area contributed by atoms with Gasteiger partial charge < -0.3 is 9.84 Å². The molecule has 0 radical (unpaired) electrons. The zero-order chi connectivity index (χ0) is 31.2. The number of benzene rings is 2. The van der Waals surface area contributed by atoms with Gasteiger partial charge in [0.05, 0.1) is 15.8 Å². The Hall–Kier alpha value is -3.82. The second-order valence-electron chi connectivity index (χ2n) is 10.4. The Balaban J connectivity index is 0.000000619. The van der Waals surface area contributed by atoms with Crippen molar-refractivity contribution in [2.45, 2.75) is 116 Å². The molecule has 1 atom stereocenters. The molecule has 42 heavy (non-hydrogen) atoms. The van der Waals surface area contributed by atoms with E-state index in [1.807, 2.05) is 0 Å². The molecule has 1 N–H and O–H groups in total. The summed E-state index contributed by atoms with van der Waals surface area (Å²) in [6.07, 6.45) is 15.6. The molecule has 2 rings (SSSR count). The molecule has 0 aliphatic rings. The Labute approximate surface area is 248 Å². The third kappa shape index (κ3) is 15.8. The maximum Gasteiger partial charge on any atom is 0.318 e. The van der Waals surface area contributed by atoms with Gasteiger partial charge >= 0.3 is 11.9 Å². The van der Waals surface area contributed by atoms with E-state index in [1.165, 1.54) is 74.9 Å². The van der Waals surface area contributed by atoms with Crippen molar-refractivity contribution < 1.29 is 29.3 Å². The highest BCUT2D eigenvalue weighted by molar-refractivity contribution is 5.80. The zero-order valence-electron chi connectivity index (χ0n) is 25.0. The molecule has 0 spiro atoms. The number of non-ortho nitro benzene ring substituents is 2. The van der Waals surface area contributed by atoms with E-state index < -0.39 is 27.7 Å². The number of unbranched alkanes of at least 4 members (excludes halogenated alkanes) is 11. The van der Waals surface area contributed by atoms with E-state index >= 15 is 0 Å². The number of ether oxygens (including phenoxy) is 1. The van der Waals surface area contributed by atoms with E-state index in [1.54, 1.807) is 12.1 Å². The first-order valence-corrected chi connectivity index (χ1v) is 15.1. The highest BCUT2D eigenvalue weighted by Gasteiger charge is 2.23. The van der Waals surface area contributed by atoms with Gasteiger partial charge in [0.15, 0.2) is 0 Å². The molecule has 232 valence electrons. The molecule has 0 aromatic heterocycles. The molecule has 0 heterocycles. The van der Waals surface area contributed by atoms with Crippen molar-refractivity contribution in [2.75, 3.05) is 0 Å². The van der Waals surface area contributed by atoms with Crippen molar-refractivity contribution >= 4 is 23.3 Å². The quantitative estimate of drug-likeness (QED) is 0.0530. The topological polar surface area (TPSA) is 150 Å². The van der Waals surface area contributed by atoms with Crippen molar-refractivity contribution in [3.63, 3.8) is 0 Å². The number of carboxylic acid groups (broad SMARTS) is 1. The van der Waals surface area contributed by atoms with Crippen LogP contribution in [0.1, 0.15) is 122 Å². The van der Waals surface area contributed by atoms with E-state index in [-0.39, 0.29) is 17.1 Å². The van der Waals surface area contributed by atoms with E-state index in [0.717, 1.165) is 44.9 Å². The average Bonchev–Trinajstić information content (AvgIpc) is 2.97. The third-order valence-corrected chi connectivity index (χ3v) is 6.90. The largest absolute Gasteiger partial charge is 0.481 e. The number of nitro benzene ring substituents is 2. The summed E-state index contributed by atoms with van der Waals surface area (Å²) in [6, 6.07) is 11.2. The van der Waals surface area contributed by atoms with Crippen LogP contribution >= 0.6 is 0 Å². The molecule has 2 aromatic rings. The van der Waals surface area contributed by atoms with Crippen LogP contribution in [0.5, 0.6) is 5.75 Å². The number of carbonyl (C=O) groups is 2. The lowest BCUT2D eigenvalue weighted by Crippen LogP contribution is -2.19. The van der Waals surface area contributed by atoms with Gasteiger partial charge in [0.25, 0.3) is 11.4 Å². The van der Waals surface area contributed by atoms with Crippen molar-refractivity contribution in [1.29, 1.82) is 0 Å². The minimum atomic E-state index is -0.663. The van der Waals surface area contributed by atoms with Crippen LogP contribution in [-0.4, -0.2) is 26.9 Å². The van der Waals surface area contributed by atoms with Gasteiger partial charge in [-0.25, -0.2) is 0 Å². The number of esters is 1. The van der Waals surface area contributed by atoms with Gasteiger partial charge in [-0.3, -0.25) is 29.8 Å². The van der Waals surface area contributed by atoms with Crippen molar-refractivity contribution in [2.24, 2.45) is 0 Å². The summed E-state index contributed by atoms with van der Waals surface area (Å²) in [5, 5.41) is 30.0. The van der Waals surface area contributed by atoms with E-state index in [9.17, 15) is 29.8 Å². The number of nitro groups is 2. The third-order valence-electron chi connectivity index (χ3n) is 6.90. The summed E-state index contributed by atoms with van der Waals surface area (Å²) < 4.78 is 5.44. The van der Waals surface area contributed by atoms with E-state index in [0.29, 0.717) is 18.4 Å². The number of carbonyl (C=O) groups excluding carboxylic acids is 1. The fraction of sp³-hybridized carbons (Fsp3) is 0.562. The van der Waals surface area contributed by atoms with Crippen LogP contribution in [0.25, 0.3) is 0 Å². The van der Waals surface area contributed by atoms with Gasteiger partial charge in [-0.1, -0.05) is 103 Å². The molecular weight excluding hydrogens is 540 g/mol. The van der Waals surface area contributed by atoms with Crippen LogP contribution in [0, 0.1) is 20.2 Å². The first kappa shape index (κ1) is 36.2. The standard InChI is InChI=1S/C22H26N2O6.C10H20O2/c1-2-3-4-5-6-7-8-21(17-9-11-18(12-10-17)23(26)27)22(25)30-20-15-13-19(14-16-20)24(28)29;1-2-3-4-5-6-7-8-9-10(11)12/h9-16,21H,2-8H2,1H3;2-9H2,1H3,(H,11,12). The van der Waals surface area contributed by atoms with Gasteiger partial charge in [0, 0.05) is 30.7 Å². The molecule has 0 saturated heterocycles. The lowest BCUT2D eigenvalue weighted by atomic mass is 9.92. The highest BCUT2D eigenvalue weighted by Crippen LogP contribution is 2.28. The fourth-order valence-corrected chi connectivity index (χ4v) is 4.43. The predicted octanol–water partition coefficient (Wildman–Crippen LogP) is 9.15. The summed E-state index contributed by atoms with van der Waals surface area (Å²) in [5.41, 5.74) is 0.524. The van der Waals surface area contributed by atoms with Crippen LogP contribution in [0.2, 0.25) is 0 Å².